The summed E-state index contributed by atoms with van der Waals surface area (Å²) >= 11 is 0. The van der Waals surface area contributed by atoms with Gasteiger partial charge in [0.05, 0.1) is 6.54 Å². The molecule has 0 aliphatic rings. The normalized spacial score (nSPS) is 10.0. The van der Waals surface area contributed by atoms with Crippen LogP contribution >= 0.6 is 0 Å². The Hall–Kier alpha value is -1.65. The number of carbonyl (C=O) groups excluding carboxylic acids is 1. The van der Waals surface area contributed by atoms with Crippen LogP contribution in [0.15, 0.2) is 18.3 Å². The quantitative estimate of drug-likeness (QED) is 0.721. The van der Waals surface area contributed by atoms with Crippen LogP contribution < -0.4 is 4.90 Å². The summed E-state index contributed by atoms with van der Waals surface area (Å²) in [7, 11) is 3.40. The number of amides is 1. The first-order chi connectivity index (χ1) is 7.54. The Kier molecular flexibility index (Phi) is 4.22. The predicted molar refractivity (Wildman–Crippen MR) is 60.8 cm³/mol. The van der Waals surface area contributed by atoms with Crippen LogP contribution in [0.1, 0.15) is 6.92 Å². The van der Waals surface area contributed by atoms with Gasteiger partial charge in [0.1, 0.15) is 0 Å². The van der Waals surface area contributed by atoms with Crippen molar-refractivity contribution < 1.29 is 9.18 Å². The first-order valence-corrected chi connectivity index (χ1v) is 5.11. The lowest BCUT2D eigenvalue weighted by Gasteiger charge is -2.23. The Morgan fingerprint density at radius 1 is 1.50 bits per heavy atom. The maximum absolute atomic E-state index is 12.9. The Bertz CT molecular complexity index is 368. The minimum atomic E-state index is -0.534. The fourth-order valence-electron chi connectivity index (χ4n) is 1.28. The van der Waals surface area contributed by atoms with Crippen molar-refractivity contribution in [3.63, 3.8) is 0 Å². The van der Waals surface area contributed by atoms with Crippen molar-refractivity contribution in [1.29, 1.82) is 0 Å². The molecule has 0 saturated heterocycles. The molecule has 0 saturated carbocycles. The molecule has 1 heterocycles. The first kappa shape index (κ1) is 12.4. The van der Waals surface area contributed by atoms with Gasteiger partial charge >= 0.3 is 0 Å². The molecule has 0 atom stereocenters. The van der Waals surface area contributed by atoms with Crippen LogP contribution in [0, 0.1) is 5.95 Å². The highest BCUT2D eigenvalue weighted by atomic mass is 19.1. The molecule has 4 nitrogen and oxygen atoms in total. The maximum Gasteiger partial charge on any atom is 0.241 e. The van der Waals surface area contributed by atoms with E-state index in [9.17, 15) is 9.18 Å². The zero-order chi connectivity index (χ0) is 12.1. The zero-order valence-electron chi connectivity index (χ0n) is 9.77. The molecule has 0 aromatic carbocycles. The Labute approximate surface area is 94.7 Å². The van der Waals surface area contributed by atoms with Crippen molar-refractivity contribution in [1.82, 2.24) is 9.88 Å². The summed E-state index contributed by atoms with van der Waals surface area (Å²) in [5.41, 5.74) is 0.671. The van der Waals surface area contributed by atoms with Gasteiger partial charge in [0.2, 0.25) is 11.9 Å². The molecule has 1 aromatic heterocycles. The molecule has 0 radical (unpaired) electrons. The standard InChI is InChI=1S/C11H16FN3O/c1-4-15(8-11(16)14(2)3)9-5-6-13-10(12)7-9/h5-7H,4,8H2,1-3H3. The molecular formula is C11H16FN3O. The van der Waals surface area contributed by atoms with E-state index < -0.39 is 5.95 Å². The number of halogens is 1. The van der Waals surface area contributed by atoms with Gasteiger partial charge in [0.15, 0.2) is 0 Å². The van der Waals surface area contributed by atoms with Crippen molar-refractivity contribution >= 4 is 11.6 Å². The third-order valence-electron chi connectivity index (χ3n) is 2.28. The number of anilines is 1. The molecular weight excluding hydrogens is 209 g/mol. The summed E-state index contributed by atoms with van der Waals surface area (Å²) < 4.78 is 12.9. The number of rotatable bonds is 4. The molecule has 16 heavy (non-hydrogen) atoms. The van der Waals surface area contributed by atoms with Crippen LogP contribution in [-0.2, 0) is 4.79 Å². The van der Waals surface area contributed by atoms with Crippen LogP contribution in [0.4, 0.5) is 10.1 Å². The minimum absolute atomic E-state index is 0.0147. The fraction of sp³-hybridized carbons (Fsp3) is 0.455. The molecule has 1 amide bonds. The highest BCUT2D eigenvalue weighted by Gasteiger charge is 2.11. The molecule has 0 aliphatic heterocycles. The Morgan fingerprint density at radius 2 is 2.19 bits per heavy atom. The van der Waals surface area contributed by atoms with Crippen LogP contribution in [0.2, 0.25) is 0 Å². The van der Waals surface area contributed by atoms with Crippen molar-refractivity contribution in [2.75, 3.05) is 32.1 Å². The van der Waals surface area contributed by atoms with E-state index in [1.807, 2.05) is 6.92 Å². The lowest BCUT2D eigenvalue weighted by atomic mass is 10.3. The third-order valence-corrected chi connectivity index (χ3v) is 2.28. The third kappa shape index (κ3) is 3.18. The summed E-state index contributed by atoms with van der Waals surface area (Å²) in [6, 6.07) is 3.02. The van der Waals surface area contributed by atoms with Crippen molar-refractivity contribution in [2.24, 2.45) is 0 Å². The smallest absolute Gasteiger partial charge is 0.241 e. The van der Waals surface area contributed by atoms with Crippen molar-refractivity contribution in [3.8, 4) is 0 Å². The number of hydrogen-bond acceptors (Lipinski definition) is 3. The van der Waals surface area contributed by atoms with E-state index in [-0.39, 0.29) is 12.5 Å². The molecule has 1 aromatic rings. The number of hydrogen-bond donors (Lipinski definition) is 0. The van der Waals surface area contributed by atoms with E-state index in [2.05, 4.69) is 4.98 Å². The second kappa shape index (κ2) is 5.44. The van der Waals surface area contributed by atoms with Crippen LogP contribution in [0.5, 0.6) is 0 Å². The van der Waals surface area contributed by atoms with Gasteiger partial charge in [-0.2, -0.15) is 4.39 Å². The molecule has 0 unspecified atom stereocenters. The van der Waals surface area contributed by atoms with E-state index in [0.717, 1.165) is 0 Å². The number of likely N-dealkylation sites (N-methyl/N-ethyl adjacent to an activating group) is 2. The molecule has 0 N–H and O–H groups in total. The van der Waals surface area contributed by atoms with Gasteiger partial charge in [-0.1, -0.05) is 0 Å². The Morgan fingerprint density at radius 3 is 2.69 bits per heavy atom. The summed E-state index contributed by atoms with van der Waals surface area (Å²) in [6.45, 7) is 2.80. The zero-order valence-corrected chi connectivity index (χ0v) is 9.77. The van der Waals surface area contributed by atoms with Crippen LogP contribution in [0.25, 0.3) is 0 Å². The number of pyridine rings is 1. The van der Waals surface area contributed by atoms with E-state index >= 15 is 0 Å². The largest absolute Gasteiger partial charge is 0.362 e. The van der Waals surface area contributed by atoms with Crippen molar-refractivity contribution in [2.45, 2.75) is 6.92 Å². The molecule has 0 bridgehead atoms. The molecule has 0 fully saturated rings. The lowest BCUT2D eigenvalue weighted by molar-refractivity contribution is -0.127. The van der Waals surface area contributed by atoms with E-state index in [1.165, 1.54) is 17.2 Å². The van der Waals surface area contributed by atoms with Gasteiger partial charge < -0.3 is 9.80 Å². The second-order valence-electron chi connectivity index (χ2n) is 3.64. The number of aromatic nitrogens is 1. The lowest BCUT2D eigenvalue weighted by Crippen LogP contribution is -2.36. The second-order valence-corrected chi connectivity index (χ2v) is 3.64. The average molecular weight is 225 g/mol. The van der Waals surface area contributed by atoms with Crippen LogP contribution in [0.3, 0.4) is 0 Å². The first-order valence-electron chi connectivity index (χ1n) is 5.11. The molecule has 0 aliphatic carbocycles. The summed E-state index contributed by atoms with van der Waals surface area (Å²) in [4.78, 5) is 18.3. The monoisotopic (exact) mass is 225 g/mol. The topological polar surface area (TPSA) is 36.4 Å². The highest BCUT2D eigenvalue weighted by molar-refractivity contribution is 5.80. The summed E-state index contributed by atoms with van der Waals surface area (Å²) in [5, 5.41) is 0. The SMILES string of the molecule is CCN(CC(=O)N(C)C)c1ccnc(F)c1. The molecule has 5 heteroatoms. The molecule has 88 valence electrons. The number of nitrogens with zero attached hydrogens (tertiary/aromatic N) is 3. The van der Waals surface area contributed by atoms with E-state index in [1.54, 1.807) is 25.1 Å². The van der Waals surface area contributed by atoms with Gasteiger partial charge in [-0.3, -0.25) is 4.79 Å². The van der Waals surface area contributed by atoms with Crippen LogP contribution in [-0.4, -0.2) is 43.0 Å². The van der Waals surface area contributed by atoms with Gasteiger partial charge in [0.25, 0.3) is 0 Å². The van der Waals surface area contributed by atoms with E-state index in [4.69, 9.17) is 0 Å². The predicted octanol–water partition coefficient (Wildman–Crippen LogP) is 1.14. The Balaban J connectivity index is 2.78. The molecule has 1 rings (SSSR count). The van der Waals surface area contributed by atoms with Gasteiger partial charge in [-0.25, -0.2) is 4.98 Å². The average Bonchev–Trinajstić information content (AvgIpc) is 2.25. The highest BCUT2D eigenvalue weighted by Crippen LogP contribution is 2.13. The molecule has 0 spiro atoms. The summed E-state index contributed by atoms with van der Waals surface area (Å²) in [6.07, 6.45) is 1.40. The van der Waals surface area contributed by atoms with E-state index in [0.29, 0.717) is 12.2 Å². The van der Waals surface area contributed by atoms with Gasteiger partial charge in [-0.05, 0) is 13.0 Å². The van der Waals surface area contributed by atoms with Crippen molar-refractivity contribution in [3.05, 3.63) is 24.3 Å². The number of carbonyl (C=O) groups is 1. The van der Waals surface area contributed by atoms with Gasteiger partial charge in [0, 0.05) is 38.6 Å². The minimum Gasteiger partial charge on any atom is -0.362 e. The summed E-state index contributed by atoms with van der Waals surface area (Å²) in [5.74, 6) is -0.549. The maximum atomic E-state index is 12.9. The van der Waals surface area contributed by atoms with Gasteiger partial charge in [-0.15, -0.1) is 0 Å². The fourth-order valence-corrected chi connectivity index (χ4v) is 1.28.